The Kier molecular flexibility index (Phi) is 4.21. The van der Waals surface area contributed by atoms with Crippen molar-refractivity contribution < 1.29 is 19.4 Å². The lowest BCUT2D eigenvalue weighted by atomic mass is 9.75. The Morgan fingerprint density at radius 2 is 1.75 bits per heavy atom. The highest BCUT2D eigenvalue weighted by Gasteiger charge is 2.46. The van der Waals surface area contributed by atoms with Crippen LogP contribution in [-0.4, -0.2) is 25.3 Å². The monoisotopic (exact) mass is 278 g/mol. The molecule has 1 aliphatic rings. The number of hydrogen-bond donors (Lipinski definition) is 1. The molecule has 4 nitrogen and oxygen atoms in total. The zero-order chi connectivity index (χ0) is 14.8. The Balaban J connectivity index is 2.72. The largest absolute Gasteiger partial charge is 0.496 e. The lowest BCUT2D eigenvalue weighted by molar-refractivity contribution is -0.143. The fourth-order valence-corrected chi connectivity index (χ4v) is 3.39. The van der Waals surface area contributed by atoms with Gasteiger partial charge in [-0.1, -0.05) is 19.8 Å². The van der Waals surface area contributed by atoms with E-state index in [-0.39, 0.29) is 0 Å². The van der Waals surface area contributed by atoms with Gasteiger partial charge in [0, 0.05) is 11.1 Å². The average Bonchev–Trinajstić information content (AvgIpc) is 2.96. The van der Waals surface area contributed by atoms with Gasteiger partial charge in [0.15, 0.2) is 0 Å². The highest BCUT2D eigenvalue weighted by molar-refractivity contribution is 5.84. The number of aliphatic carboxylic acids is 1. The molecular formula is C16H22O4. The summed E-state index contributed by atoms with van der Waals surface area (Å²) < 4.78 is 10.9. The summed E-state index contributed by atoms with van der Waals surface area (Å²) in [6.45, 7) is 2.02. The van der Waals surface area contributed by atoms with Crippen LogP contribution in [0.3, 0.4) is 0 Å². The van der Waals surface area contributed by atoms with E-state index in [0.29, 0.717) is 18.6 Å². The zero-order valence-corrected chi connectivity index (χ0v) is 12.4. The number of ether oxygens (including phenoxy) is 2. The second-order valence-corrected chi connectivity index (χ2v) is 5.27. The molecule has 0 saturated heterocycles. The Labute approximate surface area is 119 Å². The van der Waals surface area contributed by atoms with Crippen molar-refractivity contribution in [2.45, 2.75) is 44.4 Å². The van der Waals surface area contributed by atoms with Crippen LogP contribution >= 0.6 is 0 Å². The van der Waals surface area contributed by atoms with Gasteiger partial charge in [0.25, 0.3) is 0 Å². The van der Waals surface area contributed by atoms with Crippen molar-refractivity contribution in [1.82, 2.24) is 0 Å². The van der Waals surface area contributed by atoms with E-state index in [4.69, 9.17) is 9.47 Å². The van der Waals surface area contributed by atoms with Gasteiger partial charge in [-0.2, -0.15) is 0 Å². The second kappa shape index (κ2) is 5.73. The smallest absolute Gasteiger partial charge is 0.314 e. The second-order valence-electron chi connectivity index (χ2n) is 5.27. The number of methoxy groups -OCH3 is 2. The average molecular weight is 278 g/mol. The van der Waals surface area contributed by atoms with Crippen LogP contribution in [0.25, 0.3) is 0 Å². The number of carboxylic acid groups (broad SMARTS) is 1. The lowest BCUT2D eigenvalue weighted by Crippen LogP contribution is -2.34. The van der Waals surface area contributed by atoms with E-state index in [0.717, 1.165) is 36.1 Å². The molecule has 110 valence electrons. The molecule has 0 atom stereocenters. The van der Waals surface area contributed by atoms with E-state index in [1.165, 1.54) is 0 Å². The molecule has 1 N–H and O–H groups in total. The van der Waals surface area contributed by atoms with Gasteiger partial charge in [0.05, 0.1) is 19.6 Å². The van der Waals surface area contributed by atoms with E-state index < -0.39 is 11.4 Å². The maximum Gasteiger partial charge on any atom is 0.314 e. The molecule has 0 radical (unpaired) electrons. The van der Waals surface area contributed by atoms with Crippen LogP contribution in [0.15, 0.2) is 12.1 Å². The molecule has 1 aromatic rings. The van der Waals surface area contributed by atoms with E-state index in [9.17, 15) is 9.90 Å². The summed E-state index contributed by atoms with van der Waals surface area (Å²) in [7, 11) is 3.21. The molecule has 0 unspecified atom stereocenters. The van der Waals surface area contributed by atoms with Gasteiger partial charge in [-0.25, -0.2) is 0 Å². The number of carbonyl (C=O) groups is 1. The van der Waals surface area contributed by atoms with Crippen molar-refractivity contribution in [3.63, 3.8) is 0 Å². The van der Waals surface area contributed by atoms with E-state index in [2.05, 4.69) is 0 Å². The fourth-order valence-electron chi connectivity index (χ4n) is 3.39. The summed E-state index contributed by atoms with van der Waals surface area (Å²) >= 11 is 0. The number of hydrogen-bond acceptors (Lipinski definition) is 3. The summed E-state index contributed by atoms with van der Waals surface area (Å²) in [6, 6.07) is 3.67. The van der Waals surface area contributed by atoms with E-state index in [1.807, 2.05) is 19.1 Å². The first-order valence-electron chi connectivity index (χ1n) is 7.08. The van der Waals surface area contributed by atoms with Gasteiger partial charge < -0.3 is 14.6 Å². The molecule has 2 rings (SSSR count). The highest BCUT2D eigenvalue weighted by atomic mass is 16.5. The minimum absolute atomic E-state index is 0.659. The molecule has 0 heterocycles. The zero-order valence-electron chi connectivity index (χ0n) is 12.4. The van der Waals surface area contributed by atoms with Crippen molar-refractivity contribution in [2.24, 2.45) is 0 Å². The molecule has 1 aliphatic carbocycles. The van der Waals surface area contributed by atoms with Gasteiger partial charge in [0.1, 0.15) is 11.5 Å². The van der Waals surface area contributed by atoms with Gasteiger partial charge in [-0.3, -0.25) is 4.79 Å². The van der Waals surface area contributed by atoms with Crippen molar-refractivity contribution >= 4 is 5.97 Å². The molecule has 1 fully saturated rings. The van der Waals surface area contributed by atoms with Gasteiger partial charge in [0.2, 0.25) is 0 Å². The van der Waals surface area contributed by atoms with Gasteiger partial charge in [-0.15, -0.1) is 0 Å². The minimum atomic E-state index is -0.828. The minimum Gasteiger partial charge on any atom is -0.496 e. The predicted molar refractivity (Wildman–Crippen MR) is 76.7 cm³/mol. The Bertz CT molecular complexity index is 501. The van der Waals surface area contributed by atoms with E-state index >= 15 is 0 Å². The third kappa shape index (κ3) is 2.13. The summed E-state index contributed by atoms with van der Waals surface area (Å²) in [5.41, 5.74) is 0.939. The normalized spacial score (nSPS) is 16.9. The quantitative estimate of drug-likeness (QED) is 0.899. The molecule has 20 heavy (non-hydrogen) atoms. The maximum absolute atomic E-state index is 12.0. The third-order valence-electron chi connectivity index (χ3n) is 4.37. The van der Waals surface area contributed by atoms with Gasteiger partial charge in [-0.05, 0) is 31.4 Å². The van der Waals surface area contributed by atoms with Crippen LogP contribution < -0.4 is 9.47 Å². The molecule has 0 aliphatic heterocycles. The topological polar surface area (TPSA) is 55.8 Å². The first kappa shape index (κ1) is 14.7. The van der Waals surface area contributed by atoms with E-state index in [1.54, 1.807) is 14.2 Å². The van der Waals surface area contributed by atoms with Crippen LogP contribution in [-0.2, 0) is 16.6 Å². The van der Waals surface area contributed by atoms with Crippen LogP contribution in [0, 0.1) is 0 Å². The maximum atomic E-state index is 12.0. The van der Waals surface area contributed by atoms with Crippen molar-refractivity contribution in [1.29, 1.82) is 0 Å². The van der Waals surface area contributed by atoms with Crippen LogP contribution in [0.2, 0.25) is 0 Å². The highest BCUT2D eigenvalue weighted by Crippen LogP contribution is 2.48. The summed E-state index contributed by atoms with van der Waals surface area (Å²) in [5, 5.41) is 9.82. The molecule has 0 amide bonds. The first-order valence-corrected chi connectivity index (χ1v) is 7.08. The summed E-state index contributed by atoms with van der Waals surface area (Å²) in [4.78, 5) is 12.0. The third-order valence-corrected chi connectivity index (χ3v) is 4.37. The Morgan fingerprint density at radius 3 is 2.20 bits per heavy atom. The van der Waals surface area contributed by atoms with Crippen molar-refractivity contribution in [2.75, 3.05) is 14.2 Å². The Hall–Kier alpha value is -1.71. The van der Waals surface area contributed by atoms with Gasteiger partial charge >= 0.3 is 5.97 Å². The SMILES string of the molecule is CCc1c(OC)ccc(OC)c1C1(C(=O)O)CCCC1. The number of rotatable bonds is 5. The molecule has 1 aromatic carbocycles. The predicted octanol–water partition coefficient (Wildman–Crippen LogP) is 3.16. The molecule has 0 spiro atoms. The fraction of sp³-hybridized carbons (Fsp3) is 0.562. The molecule has 0 bridgehead atoms. The standard InChI is InChI=1S/C16H22O4/c1-4-11-12(19-2)7-8-13(20-3)14(11)16(15(17)18)9-5-6-10-16/h7-8H,4-6,9-10H2,1-3H3,(H,17,18). The van der Waals surface area contributed by atoms with Crippen molar-refractivity contribution in [3.05, 3.63) is 23.3 Å². The summed E-state index contributed by atoms with van der Waals surface area (Å²) in [6.07, 6.45) is 3.94. The molecule has 4 heteroatoms. The Morgan fingerprint density at radius 1 is 1.20 bits per heavy atom. The number of benzene rings is 1. The number of carboxylic acids is 1. The van der Waals surface area contributed by atoms with Crippen LogP contribution in [0.1, 0.15) is 43.7 Å². The van der Waals surface area contributed by atoms with Crippen molar-refractivity contribution in [3.8, 4) is 11.5 Å². The van der Waals surface area contributed by atoms with Crippen LogP contribution in [0.4, 0.5) is 0 Å². The summed E-state index contributed by atoms with van der Waals surface area (Å²) in [5.74, 6) is 0.652. The van der Waals surface area contributed by atoms with Crippen LogP contribution in [0.5, 0.6) is 11.5 Å². The molecule has 0 aromatic heterocycles. The molecular weight excluding hydrogens is 256 g/mol. The lowest BCUT2D eigenvalue weighted by Gasteiger charge is -2.29. The molecule has 1 saturated carbocycles. The first-order chi connectivity index (χ1) is 9.60.